The van der Waals surface area contributed by atoms with Crippen molar-refractivity contribution >= 4 is 40.5 Å². The largest absolute Gasteiger partial charge is 0.340 e. The summed E-state index contributed by atoms with van der Waals surface area (Å²) in [7, 11) is 0. The van der Waals surface area contributed by atoms with E-state index >= 15 is 0 Å². The second-order valence-electron chi connectivity index (χ2n) is 7.76. The Labute approximate surface area is 169 Å². The highest BCUT2D eigenvalue weighted by atomic mass is 35.5. The zero-order chi connectivity index (χ0) is 18.4. The average molecular weight is 399 g/mol. The van der Waals surface area contributed by atoms with Gasteiger partial charge in [0.2, 0.25) is 0 Å². The molecule has 2 aromatic rings. The summed E-state index contributed by atoms with van der Waals surface area (Å²) in [4.78, 5) is 19.4. The molecule has 3 aliphatic heterocycles. The van der Waals surface area contributed by atoms with Crippen molar-refractivity contribution in [3.05, 3.63) is 47.5 Å². The summed E-state index contributed by atoms with van der Waals surface area (Å²) in [6.45, 7) is 2.04. The van der Waals surface area contributed by atoms with Crippen LogP contribution in [0.4, 0.5) is 11.4 Å². The second-order valence-corrected chi connectivity index (χ2v) is 9.28. The van der Waals surface area contributed by atoms with Crippen LogP contribution in [0.1, 0.15) is 32.1 Å². The van der Waals surface area contributed by atoms with Gasteiger partial charge in [0.25, 0.3) is 0 Å². The molecule has 0 amide bonds. The van der Waals surface area contributed by atoms with Crippen molar-refractivity contribution in [1.82, 2.24) is 4.90 Å². The number of anilines is 2. The maximum atomic E-state index is 11.8. The third-order valence-electron chi connectivity index (χ3n) is 6.08. The van der Waals surface area contributed by atoms with Gasteiger partial charge < -0.3 is 4.90 Å². The fourth-order valence-electron chi connectivity index (χ4n) is 4.88. The molecule has 2 unspecified atom stereocenters. The summed E-state index contributed by atoms with van der Waals surface area (Å²) in [5.74, 6) is 0.462. The quantitative estimate of drug-likeness (QED) is 0.675. The number of nitrogens with zero attached hydrogens (tertiary/aromatic N) is 2. The van der Waals surface area contributed by atoms with Gasteiger partial charge in [0.15, 0.2) is 0 Å². The first-order chi connectivity index (χ1) is 13.2. The van der Waals surface area contributed by atoms with Crippen molar-refractivity contribution in [3.8, 4) is 0 Å². The number of Topliss-reactive ketones (excluding diaryl/α,β-unsaturated/α-hetero) is 1. The molecule has 3 heterocycles. The number of ketones is 1. The predicted octanol–water partition coefficient (Wildman–Crippen LogP) is 5.53. The monoisotopic (exact) mass is 398 g/mol. The van der Waals surface area contributed by atoms with Gasteiger partial charge in [-0.25, -0.2) is 0 Å². The molecule has 0 saturated carbocycles. The van der Waals surface area contributed by atoms with Gasteiger partial charge in [0.05, 0.1) is 11.4 Å². The van der Waals surface area contributed by atoms with E-state index in [0.29, 0.717) is 17.9 Å². The van der Waals surface area contributed by atoms with E-state index in [9.17, 15) is 4.79 Å². The Bertz CT molecular complexity index is 870. The van der Waals surface area contributed by atoms with Gasteiger partial charge in [-0.2, -0.15) is 0 Å². The van der Waals surface area contributed by atoms with Crippen LogP contribution in [-0.2, 0) is 4.79 Å². The first-order valence-corrected chi connectivity index (χ1v) is 11.0. The Balaban J connectivity index is 1.34. The summed E-state index contributed by atoms with van der Waals surface area (Å²) in [6, 6.07) is 15.8. The first-order valence-electron chi connectivity index (χ1n) is 9.80. The number of benzene rings is 2. The molecule has 140 valence electrons. The minimum absolute atomic E-state index is 0.462. The van der Waals surface area contributed by atoms with E-state index in [1.165, 1.54) is 34.0 Å². The molecule has 27 heavy (non-hydrogen) atoms. The van der Waals surface area contributed by atoms with Gasteiger partial charge >= 0.3 is 0 Å². The third kappa shape index (κ3) is 3.28. The maximum Gasteiger partial charge on any atom is 0.136 e. The van der Waals surface area contributed by atoms with Crippen LogP contribution in [0, 0.1) is 0 Å². The lowest BCUT2D eigenvalue weighted by atomic mass is 10.0. The van der Waals surface area contributed by atoms with Gasteiger partial charge in [-0.3, -0.25) is 9.69 Å². The van der Waals surface area contributed by atoms with E-state index in [1.54, 1.807) is 0 Å². The van der Waals surface area contributed by atoms with E-state index in [4.69, 9.17) is 11.6 Å². The molecule has 3 aliphatic rings. The summed E-state index contributed by atoms with van der Waals surface area (Å²) in [5.41, 5.74) is 2.48. The molecule has 2 saturated heterocycles. The van der Waals surface area contributed by atoms with Gasteiger partial charge in [-0.1, -0.05) is 35.5 Å². The number of piperidine rings is 1. The molecule has 2 atom stereocenters. The number of halogens is 1. The van der Waals surface area contributed by atoms with Crippen LogP contribution in [0.25, 0.3) is 0 Å². The standard InChI is InChI=1S/C22H23ClN2OS/c23-15-6-9-22-20(12-15)25(19-4-1-2-5-21(19)27-22)11-3-10-24-16-7-8-17(24)14-18(26)13-16/h1-2,4-6,9,12,16-17H,3,7-8,10-11,13-14H2. The van der Waals surface area contributed by atoms with Crippen LogP contribution in [0.3, 0.4) is 0 Å². The molecule has 0 aromatic heterocycles. The average Bonchev–Trinajstić information content (AvgIpc) is 2.91. The Hall–Kier alpha value is -1.49. The van der Waals surface area contributed by atoms with Gasteiger partial charge in [-0.05, 0) is 49.6 Å². The van der Waals surface area contributed by atoms with Gasteiger partial charge in [0, 0.05) is 52.8 Å². The normalized spacial score (nSPS) is 24.0. The lowest BCUT2D eigenvalue weighted by molar-refractivity contribution is -0.123. The van der Waals surface area contributed by atoms with Gasteiger partial charge in [0.1, 0.15) is 5.78 Å². The first kappa shape index (κ1) is 17.6. The lowest BCUT2D eigenvalue weighted by Crippen LogP contribution is -2.44. The van der Waals surface area contributed by atoms with Crippen molar-refractivity contribution in [1.29, 1.82) is 0 Å². The summed E-state index contributed by atoms with van der Waals surface area (Å²) >= 11 is 8.13. The molecular formula is C22H23ClN2OS. The van der Waals surface area contributed by atoms with Crippen LogP contribution >= 0.6 is 23.4 Å². The molecule has 2 bridgehead atoms. The highest BCUT2D eigenvalue weighted by molar-refractivity contribution is 7.99. The summed E-state index contributed by atoms with van der Waals surface area (Å²) < 4.78 is 0. The lowest BCUT2D eigenvalue weighted by Gasteiger charge is -2.36. The van der Waals surface area contributed by atoms with Crippen LogP contribution in [-0.4, -0.2) is 35.9 Å². The van der Waals surface area contributed by atoms with Crippen LogP contribution in [0.5, 0.6) is 0 Å². The van der Waals surface area contributed by atoms with Crippen molar-refractivity contribution in [3.63, 3.8) is 0 Å². The molecule has 0 N–H and O–H groups in total. The molecule has 2 aromatic carbocycles. The Morgan fingerprint density at radius 1 is 0.963 bits per heavy atom. The highest BCUT2D eigenvalue weighted by Crippen LogP contribution is 2.48. The number of fused-ring (bicyclic) bond motifs is 4. The topological polar surface area (TPSA) is 23.6 Å². The minimum atomic E-state index is 0.462. The zero-order valence-corrected chi connectivity index (χ0v) is 16.8. The molecule has 0 spiro atoms. The Morgan fingerprint density at radius 3 is 2.52 bits per heavy atom. The fraction of sp³-hybridized carbons (Fsp3) is 0.409. The Kier molecular flexibility index (Phi) is 4.66. The smallest absolute Gasteiger partial charge is 0.136 e. The van der Waals surface area contributed by atoms with E-state index in [1.807, 2.05) is 17.8 Å². The van der Waals surface area contributed by atoms with Crippen molar-refractivity contribution < 1.29 is 4.79 Å². The van der Waals surface area contributed by atoms with Gasteiger partial charge in [-0.15, -0.1) is 0 Å². The minimum Gasteiger partial charge on any atom is -0.340 e. The predicted molar refractivity (Wildman–Crippen MR) is 111 cm³/mol. The summed E-state index contributed by atoms with van der Waals surface area (Å²) in [5, 5.41) is 0.784. The molecule has 3 nitrogen and oxygen atoms in total. The third-order valence-corrected chi connectivity index (χ3v) is 7.45. The summed E-state index contributed by atoms with van der Waals surface area (Å²) in [6.07, 6.45) is 5.00. The molecule has 0 radical (unpaired) electrons. The van der Waals surface area contributed by atoms with Crippen molar-refractivity contribution in [2.45, 2.75) is 54.0 Å². The second kappa shape index (κ2) is 7.16. The Morgan fingerprint density at radius 2 is 1.70 bits per heavy atom. The zero-order valence-electron chi connectivity index (χ0n) is 15.2. The number of rotatable bonds is 4. The number of para-hydroxylation sites is 1. The number of hydrogen-bond acceptors (Lipinski definition) is 4. The molecular weight excluding hydrogens is 376 g/mol. The maximum absolute atomic E-state index is 11.8. The van der Waals surface area contributed by atoms with Crippen molar-refractivity contribution in [2.75, 3.05) is 18.0 Å². The molecule has 5 heteroatoms. The van der Waals surface area contributed by atoms with Crippen LogP contribution in [0.15, 0.2) is 52.3 Å². The molecule has 2 fully saturated rings. The van der Waals surface area contributed by atoms with Crippen molar-refractivity contribution in [2.24, 2.45) is 0 Å². The highest BCUT2D eigenvalue weighted by Gasteiger charge is 2.39. The van der Waals surface area contributed by atoms with E-state index in [0.717, 1.165) is 37.4 Å². The number of carbonyl (C=O) groups is 1. The number of hydrogen-bond donors (Lipinski definition) is 0. The molecule has 5 rings (SSSR count). The number of carbonyl (C=O) groups excluding carboxylic acids is 1. The van der Waals surface area contributed by atoms with E-state index < -0.39 is 0 Å². The molecule has 0 aliphatic carbocycles. The fourth-order valence-corrected chi connectivity index (χ4v) is 6.12. The van der Waals surface area contributed by atoms with E-state index in [-0.39, 0.29) is 0 Å². The SMILES string of the molecule is O=C1CC2CCC(C1)N2CCCN1c2ccccc2Sc2ccc(Cl)cc21. The van der Waals surface area contributed by atoms with Crippen LogP contribution in [0.2, 0.25) is 5.02 Å². The van der Waals surface area contributed by atoms with Crippen LogP contribution < -0.4 is 4.90 Å². The van der Waals surface area contributed by atoms with E-state index in [2.05, 4.69) is 46.2 Å².